The summed E-state index contributed by atoms with van der Waals surface area (Å²) in [4.78, 5) is 11.8. The van der Waals surface area contributed by atoms with Gasteiger partial charge in [0.25, 0.3) is 0 Å². The molecule has 0 aliphatic heterocycles. The lowest BCUT2D eigenvalue weighted by molar-refractivity contribution is -0.125. The lowest BCUT2D eigenvalue weighted by atomic mass is 9.95. The van der Waals surface area contributed by atoms with Gasteiger partial charge in [-0.1, -0.05) is 6.42 Å². The zero-order valence-electron chi connectivity index (χ0n) is 10.1. The normalized spacial score (nSPS) is 24.8. The number of nitrogens with one attached hydrogen (secondary N) is 2. The molecule has 1 aliphatic rings. The van der Waals surface area contributed by atoms with Gasteiger partial charge in [0, 0.05) is 19.0 Å². The van der Waals surface area contributed by atoms with Crippen LogP contribution in [0.15, 0.2) is 0 Å². The molecule has 0 aromatic carbocycles. The van der Waals surface area contributed by atoms with Crippen molar-refractivity contribution in [1.29, 1.82) is 0 Å². The molecule has 6 nitrogen and oxygen atoms in total. The molecule has 0 aromatic heterocycles. The van der Waals surface area contributed by atoms with Crippen molar-refractivity contribution in [2.75, 3.05) is 25.9 Å². The minimum absolute atomic E-state index is 0.00164. The van der Waals surface area contributed by atoms with Crippen LogP contribution in [0.3, 0.4) is 0 Å². The fraction of sp³-hybridized carbons (Fsp3) is 0.900. The van der Waals surface area contributed by atoms with E-state index in [0.717, 1.165) is 25.5 Å². The van der Waals surface area contributed by atoms with Crippen LogP contribution in [0, 0.1) is 11.8 Å². The predicted octanol–water partition coefficient (Wildman–Crippen LogP) is -0.973. The molecule has 100 valence electrons. The molecule has 0 aromatic rings. The fourth-order valence-electron chi connectivity index (χ4n) is 2.22. The zero-order valence-corrected chi connectivity index (χ0v) is 10.9. The monoisotopic (exact) mass is 263 g/mol. The van der Waals surface area contributed by atoms with Gasteiger partial charge in [0.1, 0.15) is 0 Å². The minimum atomic E-state index is -3.18. The molecule has 0 unspecified atom stereocenters. The second-order valence-electron chi connectivity index (χ2n) is 4.49. The first kappa shape index (κ1) is 14.4. The Hall–Kier alpha value is -0.660. The second-order valence-corrected chi connectivity index (χ2v) is 6.32. The number of carbonyl (C=O) groups excluding carboxylic acids is 1. The Bertz CT molecular complexity index is 356. The van der Waals surface area contributed by atoms with Crippen molar-refractivity contribution in [3.8, 4) is 0 Å². The second kappa shape index (κ2) is 6.32. The van der Waals surface area contributed by atoms with E-state index < -0.39 is 10.0 Å². The van der Waals surface area contributed by atoms with Gasteiger partial charge in [-0.05, 0) is 25.3 Å². The molecular formula is C10H21N3O3S. The van der Waals surface area contributed by atoms with Crippen molar-refractivity contribution in [3.05, 3.63) is 0 Å². The molecule has 1 rings (SSSR count). The van der Waals surface area contributed by atoms with Gasteiger partial charge in [0.2, 0.25) is 15.9 Å². The molecule has 0 saturated heterocycles. The number of rotatable bonds is 6. The molecule has 7 heteroatoms. The van der Waals surface area contributed by atoms with Crippen LogP contribution in [0.5, 0.6) is 0 Å². The minimum Gasteiger partial charge on any atom is -0.355 e. The average Bonchev–Trinajstić information content (AvgIpc) is 2.70. The first-order valence-electron chi connectivity index (χ1n) is 5.86. The summed E-state index contributed by atoms with van der Waals surface area (Å²) in [6.07, 6.45) is 4.03. The molecule has 1 saturated carbocycles. The van der Waals surface area contributed by atoms with Crippen LogP contribution in [0.4, 0.5) is 0 Å². The van der Waals surface area contributed by atoms with Crippen LogP contribution in [-0.4, -0.2) is 40.2 Å². The molecule has 0 heterocycles. The number of hydrogen-bond acceptors (Lipinski definition) is 4. The Balaban J connectivity index is 2.25. The van der Waals surface area contributed by atoms with E-state index in [1.165, 1.54) is 0 Å². The van der Waals surface area contributed by atoms with Gasteiger partial charge in [-0.3, -0.25) is 4.79 Å². The average molecular weight is 263 g/mol. The molecule has 2 atom stereocenters. The molecule has 4 N–H and O–H groups in total. The van der Waals surface area contributed by atoms with E-state index >= 15 is 0 Å². The lowest BCUT2D eigenvalue weighted by Gasteiger charge is -2.17. The lowest BCUT2D eigenvalue weighted by Crippen LogP contribution is -2.39. The maximum absolute atomic E-state index is 11.8. The van der Waals surface area contributed by atoms with Gasteiger partial charge in [0.15, 0.2) is 0 Å². The molecule has 1 amide bonds. The molecule has 17 heavy (non-hydrogen) atoms. The van der Waals surface area contributed by atoms with E-state index in [-0.39, 0.29) is 24.3 Å². The summed E-state index contributed by atoms with van der Waals surface area (Å²) in [5, 5.41) is 2.74. The largest absolute Gasteiger partial charge is 0.355 e. The van der Waals surface area contributed by atoms with Crippen molar-refractivity contribution in [2.24, 2.45) is 17.6 Å². The Morgan fingerprint density at radius 1 is 1.35 bits per heavy atom. The topological polar surface area (TPSA) is 101 Å². The Labute approximate surface area is 102 Å². The Morgan fingerprint density at radius 3 is 2.65 bits per heavy atom. The summed E-state index contributed by atoms with van der Waals surface area (Å²) in [5.41, 5.74) is 5.60. The summed E-state index contributed by atoms with van der Waals surface area (Å²) in [5.74, 6) is 0.268. The molecule has 0 bridgehead atoms. The van der Waals surface area contributed by atoms with Crippen molar-refractivity contribution in [2.45, 2.75) is 19.3 Å². The highest BCUT2D eigenvalue weighted by atomic mass is 32.2. The number of amides is 1. The van der Waals surface area contributed by atoms with E-state index in [9.17, 15) is 13.2 Å². The summed E-state index contributed by atoms with van der Waals surface area (Å²) in [7, 11) is -3.18. The predicted molar refractivity (Wildman–Crippen MR) is 65.7 cm³/mol. The number of nitrogens with two attached hydrogens (primary N) is 1. The van der Waals surface area contributed by atoms with Gasteiger partial charge < -0.3 is 11.1 Å². The Morgan fingerprint density at radius 2 is 2.06 bits per heavy atom. The van der Waals surface area contributed by atoms with Gasteiger partial charge in [-0.2, -0.15) is 0 Å². The van der Waals surface area contributed by atoms with Gasteiger partial charge >= 0.3 is 0 Å². The highest BCUT2D eigenvalue weighted by Gasteiger charge is 2.31. The zero-order chi connectivity index (χ0) is 12.9. The maximum atomic E-state index is 11.8. The van der Waals surface area contributed by atoms with E-state index in [1.807, 2.05) is 0 Å². The number of carbonyl (C=O) groups is 1. The van der Waals surface area contributed by atoms with E-state index in [4.69, 9.17) is 5.73 Å². The van der Waals surface area contributed by atoms with Crippen molar-refractivity contribution >= 4 is 15.9 Å². The van der Waals surface area contributed by atoms with Crippen LogP contribution >= 0.6 is 0 Å². The summed E-state index contributed by atoms with van der Waals surface area (Å²) >= 11 is 0. The first-order valence-corrected chi connectivity index (χ1v) is 7.75. The molecule has 1 aliphatic carbocycles. The SMILES string of the molecule is CS(=O)(=O)NCCNC(=O)[C@@H]1CCC[C@@H]1CN. The molecular weight excluding hydrogens is 242 g/mol. The molecule has 0 spiro atoms. The van der Waals surface area contributed by atoms with E-state index in [2.05, 4.69) is 10.0 Å². The third-order valence-corrected chi connectivity index (χ3v) is 3.82. The van der Waals surface area contributed by atoms with Gasteiger partial charge in [-0.25, -0.2) is 13.1 Å². The maximum Gasteiger partial charge on any atom is 0.223 e. The van der Waals surface area contributed by atoms with Crippen molar-refractivity contribution < 1.29 is 13.2 Å². The summed E-state index contributed by atoms with van der Waals surface area (Å²) in [6, 6.07) is 0. The summed E-state index contributed by atoms with van der Waals surface area (Å²) < 4.78 is 23.9. The van der Waals surface area contributed by atoms with Gasteiger partial charge in [0.05, 0.1) is 6.26 Å². The highest BCUT2D eigenvalue weighted by molar-refractivity contribution is 7.88. The molecule has 1 fully saturated rings. The molecule has 0 radical (unpaired) electrons. The van der Waals surface area contributed by atoms with Crippen LogP contribution in [0.2, 0.25) is 0 Å². The van der Waals surface area contributed by atoms with Crippen molar-refractivity contribution in [1.82, 2.24) is 10.0 Å². The smallest absolute Gasteiger partial charge is 0.223 e. The van der Waals surface area contributed by atoms with Crippen LogP contribution in [0.25, 0.3) is 0 Å². The van der Waals surface area contributed by atoms with E-state index in [1.54, 1.807) is 0 Å². The first-order chi connectivity index (χ1) is 7.94. The van der Waals surface area contributed by atoms with Gasteiger partial charge in [-0.15, -0.1) is 0 Å². The third-order valence-electron chi connectivity index (χ3n) is 3.09. The summed E-state index contributed by atoms with van der Waals surface area (Å²) in [6.45, 7) is 1.09. The standard InChI is InChI=1S/C10H21N3O3S/c1-17(15,16)13-6-5-12-10(14)9-4-2-3-8(9)7-11/h8-9,13H,2-7,11H2,1H3,(H,12,14)/t8-,9-/m1/s1. The van der Waals surface area contributed by atoms with Crippen LogP contribution in [0.1, 0.15) is 19.3 Å². The third kappa shape index (κ3) is 5.01. The fourth-order valence-corrected chi connectivity index (χ4v) is 2.69. The van der Waals surface area contributed by atoms with Crippen molar-refractivity contribution in [3.63, 3.8) is 0 Å². The highest BCUT2D eigenvalue weighted by Crippen LogP contribution is 2.30. The van der Waals surface area contributed by atoms with Crippen LogP contribution < -0.4 is 15.8 Å². The number of sulfonamides is 1. The Kier molecular flexibility index (Phi) is 5.35. The van der Waals surface area contributed by atoms with E-state index in [0.29, 0.717) is 13.1 Å². The number of hydrogen-bond donors (Lipinski definition) is 3. The van der Waals surface area contributed by atoms with Crippen LogP contribution in [-0.2, 0) is 14.8 Å². The quantitative estimate of drug-likeness (QED) is 0.536.